The topological polar surface area (TPSA) is 44.8 Å². The zero-order valence-corrected chi connectivity index (χ0v) is 11.6. The molecule has 4 nitrogen and oxygen atoms in total. The summed E-state index contributed by atoms with van der Waals surface area (Å²) in [5.74, 6) is -1.09. The van der Waals surface area contributed by atoms with Crippen molar-refractivity contribution in [2.45, 2.75) is 44.7 Å². The Morgan fingerprint density at radius 2 is 1.84 bits per heavy atom. The van der Waals surface area contributed by atoms with Crippen LogP contribution < -0.4 is 0 Å². The average Bonchev–Trinajstić information content (AvgIpc) is 2.88. The Balaban J connectivity index is 2.31. The minimum Gasteiger partial charge on any atom is -0.467 e. The molecule has 1 aromatic carbocycles. The van der Waals surface area contributed by atoms with Crippen LogP contribution in [0, 0.1) is 0 Å². The summed E-state index contributed by atoms with van der Waals surface area (Å²) in [6.07, 6.45) is 0.279. The Bertz CT molecular complexity index is 425. The van der Waals surface area contributed by atoms with Crippen LogP contribution >= 0.6 is 0 Å². The van der Waals surface area contributed by atoms with Gasteiger partial charge < -0.3 is 14.2 Å². The highest BCUT2D eigenvalue weighted by atomic mass is 16.8. The van der Waals surface area contributed by atoms with E-state index >= 15 is 0 Å². The van der Waals surface area contributed by atoms with E-state index in [-0.39, 0.29) is 0 Å². The number of methoxy groups -OCH3 is 1. The van der Waals surface area contributed by atoms with E-state index in [2.05, 4.69) is 0 Å². The molecule has 1 aromatic rings. The predicted octanol–water partition coefficient (Wildman–Crippen LogP) is 2.83. The lowest BCUT2D eigenvalue weighted by Gasteiger charge is -2.24. The number of rotatable bonds is 4. The van der Waals surface area contributed by atoms with Gasteiger partial charge in [-0.3, -0.25) is 0 Å². The number of carbonyl (C=O) groups is 1. The van der Waals surface area contributed by atoms with Gasteiger partial charge in [-0.15, -0.1) is 0 Å². The summed E-state index contributed by atoms with van der Waals surface area (Å²) in [7, 11) is 1.37. The summed E-state index contributed by atoms with van der Waals surface area (Å²) >= 11 is 0. The number of hydrogen-bond donors (Lipinski definition) is 0. The summed E-state index contributed by atoms with van der Waals surface area (Å²) < 4.78 is 16.7. The first-order valence-corrected chi connectivity index (χ1v) is 6.64. The zero-order valence-electron chi connectivity index (χ0n) is 11.6. The fourth-order valence-corrected chi connectivity index (χ4v) is 2.37. The van der Waals surface area contributed by atoms with Gasteiger partial charge in [0.2, 0.25) is 0 Å². The molecule has 0 N–H and O–H groups in total. The molecule has 2 rings (SSSR count). The van der Waals surface area contributed by atoms with Gasteiger partial charge in [0.25, 0.3) is 0 Å². The lowest BCUT2D eigenvalue weighted by molar-refractivity contribution is -0.187. The van der Waals surface area contributed by atoms with Crippen molar-refractivity contribution in [3.05, 3.63) is 35.9 Å². The van der Waals surface area contributed by atoms with Crippen LogP contribution in [0.5, 0.6) is 0 Å². The lowest BCUT2D eigenvalue weighted by Crippen LogP contribution is -2.31. The number of benzene rings is 1. The standard InChI is InChI=1S/C15H20O4/c1-4-15(5-2)18-12(11-9-7-6-8-10-11)13(19-15)14(16)17-3/h6-10,12-13H,4-5H2,1-3H3/t12?,13-/m1/s1. The molecular formula is C15H20O4. The first-order chi connectivity index (χ1) is 9.15. The van der Waals surface area contributed by atoms with Crippen LogP contribution in [0.1, 0.15) is 38.4 Å². The van der Waals surface area contributed by atoms with Gasteiger partial charge in [-0.05, 0) is 18.4 Å². The zero-order chi connectivity index (χ0) is 13.9. The van der Waals surface area contributed by atoms with E-state index in [0.29, 0.717) is 12.8 Å². The largest absolute Gasteiger partial charge is 0.467 e. The molecule has 1 aliphatic rings. The van der Waals surface area contributed by atoms with Crippen LogP contribution in [0.3, 0.4) is 0 Å². The normalized spacial score (nSPS) is 25.2. The Hall–Kier alpha value is -1.39. The summed E-state index contributed by atoms with van der Waals surface area (Å²) in [4.78, 5) is 11.9. The summed E-state index contributed by atoms with van der Waals surface area (Å²) in [6, 6.07) is 9.64. The second kappa shape index (κ2) is 5.72. The van der Waals surface area contributed by atoms with Crippen LogP contribution in [-0.2, 0) is 19.0 Å². The Morgan fingerprint density at radius 3 is 2.37 bits per heavy atom. The van der Waals surface area contributed by atoms with Crippen LogP contribution in [0.15, 0.2) is 30.3 Å². The quantitative estimate of drug-likeness (QED) is 0.784. The minimum absolute atomic E-state index is 0.391. The van der Waals surface area contributed by atoms with Gasteiger partial charge in [0.05, 0.1) is 7.11 Å². The molecule has 0 spiro atoms. The second-order valence-corrected chi connectivity index (χ2v) is 4.63. The highest BCUT2D eigenvalue weighted by Crippen LogP contribution is 2.42. The van der Waals surface area contributed by atoms with Crippen molar-refractivity contribution in [1.82, 2.24) is 0 Å². The SMILES string of the molecule is CCC1(CC)OC(c2ccccc2)[C@H](C(=O)OC)O1. The van der Waals surface area contributed by atoms with E-state index in [0.717, 1.165) is 5.56 Å². The van der Waals surface area contributed by atoms with Gasteiger partial charge in [0.15, 0.2) is 11.9 Å². The molecule has 104 valence electrons. The fraction of sp³-hybridized carbons (Fsp3) is 0.533. The van der Waals surface area contributed by atoms with Gasteiger partial charge in [0.1, 0.15) is 6.10 Å². The summed E-state index contributed by atoms with van der Waals surface area (Å²) in [6.45, 7) is 3.98. The molecule has 19 heavy (non-hydrogen) atoms. The molecule has 0 bridgehead atoms. The molecule has 0 aromatic heterocycles. The molecule has 0 radical (unpaired) electrons. The number of esters is 1. The number of ether oxygens (including phenoxy) is 3. The highest BCUT2D eigenvalue weighted by Gasteiger charge is 2.49. The van der Waals surface area contributed by atoms with Gasteiger partial charge in [-0.25, -0.2) is 4.79 Å². The first-order valence-electron chi connectivity index (χ1n) is 6.64. The molecule has 1 aliphatic heterocycles. The van der Waals surface area contributed by atoms with Gasteiger partial charge in [0, 0.05) is 0 Å². The van der Waals surface area contributed by atoms with Crippen molar-refractivity contribution in [3.8, 4) is 0 Å². The van der Waals surface area contributed by atoms with Crippen molar-refractivity contribution in [2.24, 2.45) is 0 Å². The van der Waals surface area contributed by atoms with E-state index in [1.54, 1.807) is 0 Å². The molecule has 1 fully saturated rings. The summed E-state index contributed by atoms with van der Waals surface area (Å²) in [5.41, 5.74) is 0.932. The molecule has 1 unspecified atom stereocenters. The molecule has 0 saturated carbocycles. The number of carbonyl (C=O) groups excluding carboxylic acids is 1. The van der Waals surface area contributed by atoms with Crippen molar-refractivity contribution in [2.75, 3.05) is 7.11 Å². The molecule has 0 aliphatic carbocycles. The molecule has 4 heteroatoms. The molecular weight excluding hydrogens is 244 g/mol. The van der Waals surface area contributed by atoms with E-state index in [1.807, 2.05) is 44.2 Å². The van der Waals surface area contributed by atoms with E-state index in [1.165, 1.54) is 7.11 Å². The van der Waals surface area contributed by atoms with Gasteiger partial charge in [-0.1, -0.05) is 44.2 Å². The molecule has 1 heterocycles. The third-order valence-corrected chi connectivity index (χ3v) is 3.60. The van der Waals surface area contributed by atoms with Crippen LogP contribution in [0.4, 0.5) is 0 Å². The van der Waals surface area contributed by atoms with Crippen molar-refractivity contribution in [3.63, 3.8) is 0 Å². The van der Waals surface area contributed by atoms with Crippen LogP contribution in [0.2, 0.25) is 0 Å². The maximum atomic E-state index is 11.9. The monoisotopic (exact) mass is 264 g/mol. The van der Waals surface area contributed by atoms with Gasteiger partial charge in [-0.2, -0.15) is 0 Å². The van der Waals surface area contributed by atoms with E-state index in [9.17, 15) is 4.79 Å². The molecule has 0 amide bonds. The number of hydrogen-bond acceptors (Lipinski definition) is 4. The Morgan fingerprint density at radius 1 is 1.21 bits per heavy atom. The van der Waals surface area contributed by atoms with E-state index < -0.39 is 24.0 Å². The second-order valence-electron chi connectivity index (χ2n) is 4.63. The fourth-order valence-electron chi connectivity index (χ4n) is 2.37. The van der Waals surface area contributed by atoms with Crippen molar-refractivity contribution < 1.29 is 19.0 Å². The third-order valence-electron chi connectivity index (χ3n) is 3.60. The molecule has 1 saturated heterocycles. The third kappa shape index (κ3) is 2.65. The van der Waals surface area contributed by atoms with Crippen LogP contribution in [0.25, 0.3) is 0 Å². The van der Waals surface area contributed by atoms with E-state index in [4.69, 9.17) is 14.2 Å². The first kappa shape index (κ1) is 14.0. The lowest BCUT2D eigenvalue weighted by atomic mass is 10.0. The maximum Gasteiger partial charge on any atom is 0.338 e. The average molecular weight is 264 g/mol. The van der Waals surface area contributed by atoms with Crippen molar-refractivity contribution >= 4 is 5.97 Å². The van der Waals surface area contributed by atoms with Crippen LogP contribution in [-0.4, -0.2) is 25.0 Å². The summed E-state index contributed by atoms with van der Waals surface area (Å²) in [5, 5.41) is 0. The van der Waals surface area contributed by atoms with Gasteiger partial charge >= 0.3 is 5.97 Å². The van der Waals surface area contributed by atoms with Crippen molar-refractivity contribution in [1.29, 1.82) is 0 Å². The minimum atomic E-state index is -0.702. The predicted molar refractivity (Wildman–Crippen MR) is 70.5 cm³/mol. The molecule has 2 atom stereocenters. The maximum absolute atomic E-state index is 11.9. The Kier molecular flexibility index (Phi) is 4.22. The highest BCUT2D eigenvalue weighted by molar-refractivity contribution is 5.76. The Labute approximate surface area is 113 Å². The smallest absolute Gasteiger partial charge is 0.338 e.